The van der Waals surface area contributed by atoms with Gasteiger partial charge in [-0.2, -0.15) is 0 Å². The first kappa shape index (κ1) is 16.4. The van der Waals surface area contributed by atoms with Gasteiger partial charge in [0.15, 0.2) is 5.78 Å². The maximum atomic E-state index is 12.1. The van der Waals surface area contributed by atoms with Crippen molar-refractivity contribution in [1.82, 2.24) is 0 Å². The molecule has 0 fully saturated rings. The van der Waals surface area contributed by atoms with E-state index in [2.05, 4.69) is 4.99 Å². The number of ether oxygens (including phenoxy) is 1. The first-order valence-corrected chi connectivity index (χ1v) is 6.89. The topological polar surface area (TPSA) is 76.0 Å². The van der Waals surface area contributed by atoms with Crippen LogP contribution < -0.4 is 0 Å². The van der Waals surface area contributed by atoms with Gasteiger partial charge in [-0.3, -0.25) is 14.6 Å². The summed E-state index contributed by atoms with van der Waals surface area (Å²) in [5.41, 5.74) is -0.523. The molecule has 1 atom stereocenters. The van der Waals surface area contributed by atoms with Crippen LogP contribution in [0.1, 0.15) is 40.0 Å². The van der Waals surface area contributed by atoms with Crippen molar-refractivity contribution in [2.24, 2.45) is 16.3 Å². The van der Waals surface area contributed by atoms with Gasteiger partial charge in [-0.25, -0.2) is 0 Å². The number of rotatable bonds is 5. The van der Waals surface area contributed by atoms with E-state index in [-0.39, 0.29) is 23.5 Å². The van der Waals surface area contributed by atoms with Crippen molar-refractivity contribution in [2.75, 3.05) is 13.7 Å². The van der Waals surface area contributed by atoms with Gasteiger partial charge in [0, 0.05) is 19.2 Å². The highest BCUT2D eigenvalue weighted by Gasteiger charge is 2.46. The summed E-state index contributed by atoms with van der Waals surface area (Å²) in [5, 5.41) is 10.3. The molecule has 5 nitrogen and oxygen atoms in total. The van der Waals surface area contributed by atoms with Crippen LogP contribution in [0.5, 0.6) is 0 Å². The van der Waals surface area contributed by atoms with Crippen LogP contribution in [0.3, 0.4) is 0 Å². The second kappa shape index (κ2) is 6.68. The molecule has 1 aliphatic rings. The van der Waals surface area contributed by atoms with Gasteiger partial charge in [0.25, 0.3) is 0 Å². The normalized spacial score (nSPS) is 22.4. The van der Waals surface area contributed by atoms with Gasteiger partial charge in [-0.1, -0.05) is 27.2 Å². The van der Waals surface area contributed by atoms with Crippen LogP contribution >= 0.6 is 0 Å². The van der Waals surface area contributed by atoms with Crippen LogP contribution in [0.2, 0.25) is 0 Å². The standard InChI is InChI=1S/C15H23NO4/c1-5-6-7-16-9-10-11(17)8-15(2,3)12(13(10)18)14(19)20-4/h9,12,18H,5-8H2,1-4H3. The van der Waals surface area contributed by atoms with Crippen LogP contribution in [0.25, 0.3) is 0 Å². The molecule has 0 spiro atoms. The quantitative estimate of drug-likeness (QED) is 0.477. The molecule has 0 bridgehead atoms. The molecule has 5 heteroatoms. The van der Waals surface area contributed by atoms with E-state index in [1.54, 1.807) is 13.8 Å². The Morgan fingerprint density at radius 3 is 2.75 bits per heavy atom. The van der Waals surface area contributed by atoms with E-state index in [0.717, 1.165) is 12.8 Å². The van der Waals surface area contributed by atoms with Crippen molar-refractivity contribution in [2.45, 2.75) is 40.0 Å². The molecule has 0 saturated carbocycles. The molecule has 0 amide bonds. The minimum Gasteiger partial charge on any atom is -0.511 e. The summed E-state index contributed by atoms with van der Waals surface area (Å²) in [6.07, 6.45) is 3.50. The number of carbonyl (C=O) groups is 2. The average Bonchev–Trinajstić information content (AvgIpc) is 2.36. The molecule has 0 aromatic carbocycles. The van der Waals surface area contributed by atoms with Crippen molar-refractivity contribution in [3.8, 4) is 0 Å². The van der Waals surface area contributed by atoms with Gasteiger partial charge >= 0.3 is 5.97 Å². The molecule has 0 radical (unpaired) electrons. The molecule has 112 valence electrons. The molecule has 0 saturated heterocycles. The Labute approximate surface area is 119 Å². The van der Waals surface area contributed by atoms with Gasteiger partial charge in [-0.05, 0) is 11.8 Å². The van der Waals surface area contributed by atoms with Crippen LogP contribution in [0, 0.1) is 11.3 Å². The molecule has 0 aliphatic heterocycles. The average molecular weight is 281 g/mol. The van der Waals surface area contributed by atoms with Gasteiger partial charge < -0.3 is 9.84 Å². The summed E-state index contributed by atoms with van der Waals surface area (Å²) < 4.78 is 4.73. The van der Waals surface area contributed by atoms with E-state index in [1.807, 2.05) is 6.92 Å². The number of carbonyl (C=O) groups excluding carboxylic acids is 2. The number of unbranched alkanes of at least 4 members (excludes halogenated alkanes) is 1. The monoisotopic (exact) mass is 281 g/mol. The number of aliphatic hydroxyl groups excluding tert-OH is 1. The smallest absolute Gasteiger partial charge is 0.316 e. The molecule has 1 unspecified atom stereocenters. The SMILES string of the molecule is CCCCN=CC1=C(O)C(C(=O)OC)C(C)(C)CC1=O. The van der Waals surface area contributed by atoms with E-state index in [4.69, 9.17) is 4.74 Å². The molecule has 20 heavy (non-hydrogen) atoms. The Kier molecular flexibility index (Phi) is 5.48. The second-order valence-corrected chi connectivity index (χ2v) is 5.73. The zero-order valence-corrected chi connectivity index (χ0v) is 12.6. The number of nitrogens with zero attached hydrogens (tertiary/aromatic N) is 1. The first-order valence-electron chi connectivity index (χ1n) is 6.89. The zero-order valence-electron chi connectivity index (χ0n) is 12.6. The number of esters is 1. The van der Waals surface area contributed by atoms with Crippen LogP contribution in [-0.2, 0) is 14.3 Å². The molecule has 1 rings (SSSR count). The fraction of sp³-hybridized carbons (Fsp3) is 0.667. The van der Waals surface area contributed by atoms with Crippen LogP contribution in [0.4, 0.5) is 0 Å². The number of hydrogen-bond acceptors (Lipinski definition) is 5. The Balaban J connectivity index is 3.09. The van der Waals surface area contributed by atoms with Crippen LogP contribution in [-0.4, -0.2) is 36.7 Å². The van der Waals surface area contributed by atoms with Gasteiger partial charge in [0.2, 0.25) is 0 Å². The molecular weight excluding hydrogens is 258 g/mol. The van der Waals surface area contributed by atoms with Gasteiger partial charge in [0.05, 0.1) is 12.7 Å². The number of aliphatic hydroxyl groups is 1. The van der Waals surface area contributed by atoms with E-state index in [1.165, 1.54) is 13.3 Å². The predicted molar refractivity (Wildman–Crippen MR) is 76.8 cm³/mol. The molecule has 1 aliphatic carbocycles. The maximum Gasteiger partial charge on any atom is 0.316 e. The fourth-order valence-electron chi connectivity index (χ4n) is 2.37. The number of allylic oxidation sites excluding steroid dienone is 1. The molecule has 0 aromatic heterocycles. The van der Waals surface area contributed by atoms with Crippen molar-refractivity contribution in [3.05, 3.63) is 11.3 Å². The number of ketones is 1. The summed E-state index contributed by atoms with van der Waals surface area (Å²) in [7, 11) is 1.27. The third kappa shape index (κ3) is 3.46. The molecular formula is C15H23NO4. The van der Waals surface area contributed by atoms with Crippen LogP contribution in [0.15, 0.2) is 16.3 Å². The lowest BCUT2D eigenvalue weighted by molar-refractivity contribution is -0.150. The lowest BCUT2D eigenvalue weighted by atomic mass is 9.68. The fourth-order valence-corrected chi connectivity index (χ4v) is 2.37. The minimum absolute atomic E-state index is 0.135. The summed E-state index contributed by atoms with van der Waals surface area (Å²) in [5.74, 6) is -1.76. The first-order chi connectivity index (χ1) is 9.35. The van der Waals surface area contributed by atoms with E-state index < -0.39 is 17.3 Å². The third-order valence-corrected chi connectivity index (χ3v) is 3.55. The predicted octanol–water partition coefficient (Wildman–Crippen LogP) is 2.46. The highest BCUT2D eigenvalue weighted by molar-refractivity contribution is 6.15. The Hall–Kier alpha value is -1.65. The number of hydrogen-bond donors (Lipinski definition) is 1. The number of Topliss-reactive ketones (excluding diaryl/α,β-unsaturated/α-hetero) is 1. The van der Waals surface area contributed by atoms with E-state index in [0.29, 0.717) is 6.54 Å². The van der Waals surface area contributed by atoms with Gasteiger partial charge in [-0.15, -0.1) is 0 Å². The Morgan fingerprint density at radius 2 is 2.20 bits per heavy atom. The lowest BCUT2D eigenvalue weighted by Crippen LogP contribution is -2.40. The van der Waals surface area contributed by atoms with E-state index in [9.17, 15) is 14.7 Å². The number of aliphatic imine (C=N–C) groups is 1. The minimum atomic E-state index is -0.821. The van der Waals surface area contributed by atoms with Gasteiger partial charge in [0.1, 0.15) is 11.7 Å². The van der Waals surface area contributed by atoms with Crippen molar-refractivity contribution in [1.29, 1.82) is 0 Å². The second-order valence-electron chi connectivity index (χ2n) is 5.73. The zero-order chi connectivity index (χ0) is 15.3. The van der Waals surface area contributed by atoms with Crippen molar-refractivity contribution >= 4 is 18.0 Å². The summed E-state index contributed by atoms with van der Waals surface area (Å²) in [6, 6.07) is 0. The van der Waals surface area contributed by atoms with Crippen molar-refractivity contribution < 1.29 is 19.4 Å². The number of methoxy groups -OCH3 is 1. The Bertz CT molecular complexity index is 449. The molecule has 0 aromatic rings. The Morgan fingerprint density at radius 1 is 1.55 bits per heavy atom. The lowest BCUT2D eigenvalue weighted by Gasteiger charge is -2.35. The summed E-state index contributed by atoms with van der Waals surface area (Å²) >= 11 is 0. The molecule has 0 heterocycles. The summed E-state index contributed by atoms with van der Waals surface area (Å²) in [4.78, 5) is 28.1. The maximum absolute atomic E-state index is 12.1. The highest BCUT2D eigenvalue weighted by atomic mass is 16.5. The highest BCUT2D eigenvalue weighted by Crippen LogP contribution is 2.41. The van der Waals surface area contributed by atoms with Crippen molar-refractivity contribution in [3.63, 3.8) is 0 Å². The molecule has 1 N–H and O–H groups in total. The summed E-state index contributed by atoms with van der Waals surface area (Å²) in [6.45, 7) is 6.20. The largest absolute Gasteiger partial charge is 0.511 e. The van der Waals surface area contributed by atoms with E-state index >= 15 is 0 Å². The third-order valence-electron chi connectivity index (χ3n) is 3.55.